The maximum Gasteiger partial charge on any atom is 0.123 e. The zero-order chi connectivity index (χ0) is 15.6. The molecule has 0 aliphatic rings. The van der Waals surface area contributed by atoms with Gasteiger partial charge >= 0.3 is 0 Å². The lowest BCUT2D eigenvalue weighted by Crippen LogP contribution is -2.24. The van der Waals surface area contributed by atoms with Gasteiger partial charge in [0.15, 0.2) is 0 Å². The summed E-state index contributed by atoms with van der Waals surface area (Å²) in [5, 5.41) is 0.714. The van der Waals surface area contributed by atoms with Crippen LogP contribution in [0.1, 0.15) is 37.1 Å². The molecular weight excluding hydrogens is 287 g/mol. The summed E-state index contributed by atoms with van der Waals surface area (Å²) in [6.45, 7) is 3.95. The van der Waals surface area contributed by atoms with E-state index in [-0.39, 0.29) is 17.9 Å². The number of halogens is 2. The Morgan fingerprint density at radius 3 is 2.29 bits per heavy atom. The average molecular weight is 307 g/mol. The van der Waals surface area contributed by atoms with E-state index in [4.69, 9.17) is 17.3 Å². The molecule has 0 saturated heterocycles. The molecule has 2 atom stereocenters. The normalized spacial score (nSPS) is 13.8. The van der Waals surface area contributed by atoms with Crippen molar-refractivity contribution in [3.05, 3.63) is 64.4 Å². The van der Waals surface area contributed by atoms with Crippen LogP contribution < -0.4 is 10.6 Å². The summed E-state index contributed by atoms with van der Waals surface area (Å²) in [6, 6.07) is 12.4. The molecule has 2 aromatic rings. The molecule has 21 heavy (non-hydrogen) atoms. The largest absolute Gasteiger partial charge is 0.368 e. The van der Waals surface area contributed by atoms with Crippen LogP contribution >= 0.6 is 11.6 Å². The topological polar surface area (TPSA) is 29.3 Å². The summed E-state index contributed by atoms with van der Waals surface area (Å²) < 4.78 is 13.5. The molecule has 0 spiro atoms. The molecule has 0 aliphatic heterocycles. The molecule has 2 N–H and O–H groups in total. The maximum atomic E-state index is 13.5. The predicted molar refractivity (Wildman–Crippen MR) is 87.3 cm³/mol. The first-order valence-corrected chi connectivity index (χ1v) is 7.31. The van der Waals surface area contributed by atoms with E-state index in [2.05, 4.69) is 11.8 Å². The number of anilines is 1. The Morgan fingerprint density at radius 1 is 1.10 bits per heavy atom. The van der Waals surface area contributed by atoms with E-state index in [0.717, 1.165) is 16.8 Å². The Balaban J connectivity index is 2.35. The van der Waals surface area contributed by atoms with E-state index in [0.29, 0.717) is 5.02 Å². The lowest BCUT2D eigenvalue weighted by Gasteiger charge is -2.30. The highest BCUT2D eigenvalue weighted by Crippen LogP contribution is 2.31. The molecule has 0 radical (unpaired) electrons. The second-order valence-corrected chi connectivity index (χ2v) is 5.77. The summed E-state index contributed by atoms with van der Waals surface area (Å²) in [7, 11) is 1.98. The molecule has 4 heteroatoms. The highest BCUT2D eigenvalue weighted by Gasteiger charge is 2.17. The third-order valence-electron chi connectivity index (χ3n) is 3.79. The van der Waals surface area contributed by atoms with Gasteiger partial charge in [0.05, 0.1) is 6.04 Å². The van der Waals surface area contributed by atoms with Gasteiger partial charge in [0.25, 0.3) is 0 Å². The molecule has 112 valence electrons. The van der Waals surface area contributed by atoms with E-state index < -0.39 is 0 Å². The summed E-state index contributed by atoms with van der Waals surface area (Å²) in [6.07, 6.45) is 0. The van der Waals surface area contributed by atoms with Gasteiger partial charge in [-0.15, -0.1) is 0 Å². The first-order chi connectivity index (χ1) is 9.90. The van der Waals surface area contributed by atoms with Crippen LogP contribution in [-0.4, -0.2) is 7.05 Å². The quantitative estimate of drug-likeness (QED) is 0.887. The van der Waals surface area contributed by atoms with Crippen molar-refractivity contribution >= 4 is 17.3 Å². The Hall–Kier alpha value is -1.58. The Morgan fingerprint density at radius 2 is 1.71 bits per heavy atom. The second kappa shape index (κ2) is 6.46. The fourth-order valence-corrected chi connectivity index (χ4v) is 2.51. The first kappa shape index (κ1) is 15.8. The van der Waals surface area contributed by atoms with Crippen LogP contribution in [0.3, 0.4) is 0 Å². The molecule has 1 unspecified atom stereocenters. The summed E-state index contributed by atoms with van der Waals surface area (Å²) in [5.41, 5.74) is 8.85. The summed E-state index contributed by atoms with van der Waals surface area (Å²) >= 11 is 5.93. The van der Waals surface area contributed by atoms with Crippen LogP contribution in [0, 0.1) is 5.82 Å². The van der Waals surface area contributed by atoms with Crippen molar-refractivity contribution in [3.8, 4) is 0 Å². The van der Waals surface area contributed by atoms with Crippen molar-refractivity contribution in [2.75, 3.05) is 11.9 Å². The third-order valence-corrected chi connectivity index (χ3v) is 4.05. The maximum absolute atomic E-state index is 13.5. The van der Waals surface area contributed by atoms with Crippen LogP contribution in [0.2, 0.25) is 5.02 Å². The number of hydrogen-bond donors (Lipinski definition) is 1. The minimum Gasteiger partial charge on any atom is -0.368 e. The van der Waals surface area contributed by atoms with E-state index in [1.54, 1.807) is 6.07 Å². The van der Waals surface area contributed by atoms with Gasteiger partial charge in [0.1, 0.15) is 5.82 Å². The minimum absolute atomic E-state index is 0.130. The monoisotopic (exact) mass is 306 g/mol. The fourth-order valence-electron chi connectivity index (χ4n) is 2.38. The first-order valence-electron chi connectivity index (χ1n) is 6.93. The molecule has 0 fully saturated rings. The molecule has 0 heterocycles. The number of rotatable bonds is 4. The smallest absolute Gasteiger partial charge is 0.123 e. The van der Waals surface area contributed by atoms with Gasteiger partial charge in [0, 0.05) is 23.8 Å². The second-order valence-electron chi connectivity index (χ2n) is 5.33. The zero-order valence-electron chi connectivity index (χ0n) is 12.5. The molecule has 0 bridgehead atoms. The lowest BCUT2D eigenvalue weighted by molar-refractivity contribution is 0.620. The molecular formula is C17H20ClFN2. The van der Waals surface area contributed by atoms with Crippen molar-refractivity contribution in [2.24, 2.45) is 5.73 Å². The highest BCUT2D eigenvalue weighted by molar-refractivity contribution is 6.30. The van der Waals surface area contributed by atoms with Crippen molar-refractivity contribution in [1.82, 2.24) is 0 Å². The number of nitrogens with two attached hydrogens (primary N) is 1. The molecule has 2 aromatic carbocycles. The standard InChI is InChI=1S/C17H20ClFN2/c1-11(20)16-10-15(19)8-9-17(16)21(3)12(2)13-4-6-14(18)7-5-13/h4-12H,20H2,1-3H3/t11-,12?/m1/s1. The Kier molecular flexibility index (Phi) is 4.86. The van der Waals surface area contributed by atoms with Gasteiger partial charge in [-0.2, -0.15) is 0 Å². The zero-order valence-corrected chi connectivity index (χ0v) is 13.2. The summed E-state index contributed by atoms with van der Waals surface area (Å²) in [4.78, 5) is 2.10. The van der Waals surface area contributed by atoms with Gasteiger partial charge in [-0.25, -0.2) is 4.39 Å². The van der Waals surface area contributed by atoms with Crippen LogP contribution in [-0.2, 0) is 0 Å². The lowest BCUT2D eigenvalue weighted by atomic mass is 10.0. The van der Waals surface area contributed by atoms with Crippen molar-refractivity contribution in [1.29, 1.82) is 0 Å². The van der Waals surface area contributed by atoms with Gasteiger partial charge < -0.3 is 10.6 Å². The number of benzene rings is 2. The van der Waals surface area contributed by atoms with Crippen LogP contribution in [0.4, 0.5) is 10.1 Å². The molecule has 0 aliphatic carbocycles. The highest BCUT2D eigenvalue weighted by atomic mass is 35.5. The van der Waals surface area contributed by atoms with E-state index in [1.807, 2.05) is 38.2 Å². The van der Waals surface area contributed by atoms with Gasteiger partial charge in [-0.1, -0.05) is 23.7 Å². The van der Waals surface area contributed by atoms with Crippen molar-refractivity contribution in [2.45, 2.75) is 25.9 Å². The molecule has 0 saturated carbocycles. The predicted octanol–water partition coefficient (Wildman–Crippen LogP) is 4.70. The van der Waals surface area contributed by atoms with E-state index >= 15 is 0 Å². The number of hydrogen-bond acceptors (Lipinski definition) is 2. The Bertz CT molecular complexity index is 611. The van der Waals surface area contributed by atoms with E-state index in [1.165, 1.54) is 12.1 Å². The molecule has 2 rings (SSSR count). The van der Waals surface area contributed by atoms with Crippen molar-refractivity contribution < 1.29 is 4.39 Å². The van der Waals surface area contributed by atoms with Gasteiger partial charge in [-0.3, -0.25) is 0 Å². The number of nitrogens with zero attached hydrogens (tertiary/aromatic N) is 1. The minimum atomic E-state index is -0.265. The Labute approximate surface area is 130 Å². The molecule has 0 aromatic heterocycles. The average Bonchev–Trinajstić information content (AvgIpc) is 2.46. The van der Waals surface area contributed by atoms with Crippen LogP contribution in [0.15, 0.2) is 42.5 Å². The van der Waals surface area contributed by atoms with Crippen LogP contribution in [0.5, 0.6) is 0 Å². The SMILES string of the molecule is CC(c1ccc(Cl)cc1)N(C)c1ccc(F)cc1[C@@H](C)N. The van der Waals surface area contributed by atoms with Gasteiger partial charge in [0.2, 0.25) is 0 Å². The fraction of sp³-hybridized carbons (Fsp3) is 0.294. The molecule has 2 nitrogen and oxygen atoms in total. The van der Waals surface area contributed by atoms with Gasteiger partial charge in [-0.05, 0) is 55.3 Å². The summed E-state index contributed by atoms with van der Waals surface area (Å²) in [5.74, 6) is -0.265. The van der Waals surface area contributed by atoms with E-state index in [9.17, 15) is 4.39 Å². The molecule has 0 amide bonds. The third kappa shape index (κ3) is 3.55. The van der Waals surface area contributed by atoms with Crippen LogP contribution in [0.25, 0.3) is 0 Å². The van der Waals surface area contributed by atoms with Crippen molar-refractivity contribution in [3.63, 3.8) is 0 Å².